The first kappa shape index (κ1) is 18.3. The van der Waals surface area contributed by atoms with Crippen molar-refractivity contribution in [3.05, 3.63) is 28.8 Å². The summed E-state index contributed by atoms with van der Waals surface area (Å²) in [5.74, 6) is -0.475. The molecular formula is C13H11ClF2N2O2S3. The summed E-state index contributed by atoms with van der Waals surface area (Å²) in [6.45, 7) is -2.96. The van der Waals surface area contributed by atoms with Gasteiger partial charge < -0.3 is 10.1 Å². The zero-order chi connectivity index (χ0) is 17.0. The van der Waals surface area contributed by atoms with Crippen LogP contribution in [-0.4, -0.2) is 29.4 Å². The predicted molar refractivity (Wildman–Crippen MR) is 91.7 cm³/mol. The lowest BCUT2D eigenvalue weighted by molar-refractivity contribution is -0.0497. The van der Waals surface area contributed by atoms with Crippen LogP contribution in [0.15, 0.2) is 27.4 Å². The molecule has 0 saturated carbocycles. The minimum absolute atomic E-state index is 0.0123. The maximum absolute atomic E-state index is 12.4. The molecule has 23 heavy (non-hydrogen) atoms. The number of carbonyl (C=O) groups is 1. The van der Waals surface area contributed by atoms with Crippen LogP contribution in [0.2, 0.25) is 5.02 Å². The van der Waals surface area contributed by atoms with Gasteiger partial charge in [-0.05, 0) is 42.2 Å². The lowest BCUT2D eigenvalue weighted by Crippen LogP contribution is -2.13. The molecule has 0 spiro atoms. The van der Waals surface area contributed by atoms with Crippen LogP contribution in [0.1, 0.15) is 10.4 Å². The van der Waals surface area contributed by atoms with Crippen LogP contribution >= 0.6 is 46.7 Å². The van der Waals surface area contributed by atoms with Gasteiger partial charge in [0, 0.05) is 5.69 Å². The van der Waals surface area contributed by atoms with Gasteiger partial charge >= 0.3 is 6.61 Å². The molecule has 124 valence electrons. The van der Waals surface area contributed by atoms with Crippen molar-refractivity contribution >= 4 is 58.3 Å². The van der Waals surface area contributed by atoms with Crippen molar-refractivity contribution in [1.82, 2.24) is 4.37 Å². The average Bonchev–Trinajstić information content (AvgIpc) is 2.92. The summed E-state index contributed by atoms with van der Waals surface area (Å²) in [5.41, 5.74) is 0.881. The lowest BCUT2D eigenvalue weighted by atomic mass is 10.2. The number of ether oxygens (including phenoxy) is 1. The molecule has 2 aromatic rings. The molecule has 0 saturated heterocycles. The van der Waals surface area contributed by atoms with Crippen LogP contribution in [0.4, 0.5) is 14.5 Å². The van der Waals surface area contributed by atoms with E-state index in [0.717, 1.165) is 4.21 Å². The van der Waals surface area contributed by atoms with E-state index in [2.05, 4.69) is 14.4 Å². The molecular weight excluding hydrogens is 386 g/mol. The third kappa shape index (κ3) is 4.50. The molecule has 1 amide bonds. The highest BCUT2D eigenvalue weighted by Crippen LogP contribution is 2.34. The largest absolute Gasteiger partial charge is 0.433 e. The number of hydrogen-bond donors (Lipinski definition) is 1. The van der Waals surface area contributed by atoms with E-state index < -0.39 is 6.61 Å². The van der Waals surface area contributed by atoms with Crippen molar-refractivity contribution in [2.24, 2.45) is 0 Å². The summed E-state index contributed by atoms with van der Waals surface area (Å²) >= 11 is 9.94. The van der Waals surface area contributed by atoms with Gasteiger partial charge in [0.05, 0.1) is 14.8 Å². The van der Waals surface area contributed by atoms with Gasteiger partial charge in [0.25, 0.3) is 5.91 Å². The summed E-state index contributed by atoms with van der Waals surface area (Å²) in [6, 6.07) is 4.08. The van der Waals surface area contributed by atoms with Gasteiger partial charge in [0.1, 0.15) is 10.8 Å². The van der Waals surface area contributed by atoms with E-state index in [-0.39, 0.29) is 16.7 Å². The molecule has 0 atom stereocenters. The molecule has 0 radical (unpaired) electrons. The van der Waals surface area contributed by atoms with Gasteiger partial charge in [0.15, 0.2) is 0 Å². The number of alkyl halides is 2. The Hall–Kier alpha value is -1.03. The number of hydrogen-bond acceptors (Lipinski definition) is 6. The van der Waals surface area contributed by atoms with Crippen LogP contribution in [0, 0.1) is 0 Å². The first-order chi connectivity index (χ1) is 11.0. The van der Waals surface area contributed by atoms with Crippen LogP contribution in [0.25, 0.3) is 0 Å². The van der Waals surface area contributed by atoms with Crippen LogP contribution < -0.4 is 10.1 Å². The molecule has 0 bridgehead atoms. The summed E-state index contributed by atoms with van der Waals surface area (Å²) in [5, 5.41) is 3.32. The van der Waals surface area contributed by atoms with E-state index >= 15 is 0 Å². The highest BCUT2D eigenvalue weighted by atomic mass is 35.5. The molecule has 0 aliphatic heterocycles. The number of thioether (sulfide) groups is 2. The fraction of sp³-hybridized carbons (Fsp3) is 0.231. The molecule has 0 aliphatic rings. The Kier molecular flexibility index (Phi) is 6.51. The lowest BCUT2D eigenvalue weighted by Gasteiger charge is -2.10. The number of anilines is 1. The minimum Gasteiger partial charge on any atom is -0.433 e. The first-order valence-corrected chi connectivity index (χ1v) is 9.69. The fourth-order valence-corrected chi connectivity index (χ4v) is 4.20. The quantitative estimate of drug-likeness (QED) is 0.689. The number of rotatable bonds is 6. The standard InChI is InChI=1S/C13H11ClF2N2O2S3/c1-21-11-9(12(22-2)23-18-11)10(19)17-6-3-4-8(7(14)5-6)20-13(15)16/h3-5,13H,1-2H3,(H,17,19). The number of amides is 1. The smallest absolute Gasteiger partial charge is 0.387 e. The van der Waals surface area contributed by atoms with Gasteiger partial charge in [-0.15, -0.1) is 23.5 Å². The monoisotopic (exact) mass is 396 g/mol. The van der Waals surface area contributed by atoms with Crippen molar-refractivity contribution < 1.29 is 18.3 Å². The number of nitrogens with zero attached hydrogens (tertiary/aromatic N) is 1. The molecule has 1 aromatic heterocycles. The molecule has 1 heterocycles. The minimum atomic E-state index is -2.96. The zero-order valence-electron chi connectivity index (χ0n) is 11.9. The maximum Gasteiger partial charge on any atom is 0.387 e. The van der Waals surface area contributed by atoms with Crippen molar-refractivity contribution in [3.63, 3.8) is 0 Å². The molecule has 0 aliphatic carbocycles. The molecule has 10 heteroatoms. The van der Waals surface area contributed by atoms with Gasteiger partial charge in [0.2, 0.25) is 0 Å². The molecule has 2 rings (SSSR count). The Morgan fingerprint density at radius 1 is 1.39 bits per heavy atom. The van der Waals surface area contributed by atoms with E-state index in [9.17, 15) is 13.6 Å². The second kappa shape index (κ2) is 8.18. The average molecular weight is 397 g/mol. The van der Waals surface area contributed by atoms with Crippen molar-refractivity contribution in [2.45, 2.75) is 15.8 Å². The summed E-state index contributed by atoms with van der Waals surface area (Å²) in [7, 11) is 0. The zero-order valence-corrected chi connectivity index (χ0v) is 15.1. The summed E-state index contributed by atoms with van der Waals surface area (Å²) < 4.78 is 33.7. The molecule has 1 aromatic carbocycles. The molecule has 0 unspecified atom stereocenters. The first-order valence-electron chi connectivity index (χ1n) is 6.09. The second-order valence-corrected chi connectivity index (χ2v) is 7.09. The highest BCUT2D eigenvalue weighted by molar-refractivity contribution is 8.01. The summed E-state index contributed by atoms with van der Waals surface area (Å²) in [4.78, 5) is 12.4. The third-order valence-corrected chi connectivity index (χ3v) is 5.68. The van der Waals surface area contributed by atoms with E-state index in [4.69, 9.17) is 11.6 Å². The Labute approximate surface area is 149 Å². The van der Waals surface area contributed by atoms with Crippen molar-refractivity contribution in [1.29, 1.82) is 0 Å². The molecule has 1 N–H and O–H groups in total. The highest BCUT2D eigenvalue weighted by Gasteiger charge is 2.20. The third-order valence-electron chi connectivity index (χ3n) is 2.64. The Bertz CT molecular complexity index is 691. The number of aromatic nitrogens is 1. The second-order valence-electron chi connectivity index (χ2n) is 4.04. The number of halogens is 3. The number of nitrogens with one attached hydrogen (secondary N) is 1. The van der Waals surface area contributed by atoms with E-state index in [1.807, 2.05) is 12.5 Å². The normalized spacial score (nSPS) is 10.9. The summed E-state index contributed by atoms with van der Waals surface area (Å²) in [6.07, 6.45) is 3.70. The molecule has 0 fully saturated rings. The number of carbonyl (C=O) groups excluding carboxylic acids is 1. The van der Waals surface area contributed by atoms with Crippen molar-refractivity contribution in [3.8, 4) is 5.75 Å². The Morgan fingerprint density at radius 3 is 2.70 bits per heavy atom. The van der Waals surface area contributed by atoms with Crippen LogP contribution in [0.3, 0.4) is 0 Å². The van der Waals surface area contributed by atoms with Crippen LogP contribution in [-0.2, 0) is 0 Å². The van der Waals surface area contributed by atoms with Gasteiger partial charge in [-0.25, -0.2) is 0 Å². The Morgan fingerprint density at radius 2 is 2.13 bits per heavy atom. The number of benzene rings is 1. The van der Waals surface area contributed by atoms with Crippen LogP contribution in [0.5, 0.6) is 5.75 Å². The fourth-order valence-electron chi connectivity index (χ4n) is 1.69. The molecule has 4 nitrogen and oxygen atoms in total. The van der Waals surface area contributed by atoms with E-state index in [1.54, 1.807) is 0 Å². The van der Waals surface area contributed by atoms with E-state index in [1.165, 1.54) is 53.3 Å². The van der Waals surface area contributed by atoms with E-state index in [0.29, 0.717) is 16.3 Å². The predicted octanol–water partition coefficient (Wildman–Crippen LogP) is 5.09. The SMILES string of the molecule is CSc1nsc(SC)c1C(=O)Nc1ccc(OC(F)F)c(Cl)c1. The van der Waals surface area contributed by atoms with Crippen molar-refractivity contribution in [2.75, 3.05) is 17.8 Å². The van der Waals surface area contributed by atoms with Gasteiger partial charge in [-0.2, -0.15) is 13.2 Å². The van der Waals surface area contributed by atoms with Gasteiger partial charge in [-0.1, -0.05) is 11.6 Å². The Balaban J connectivity index is 2.21. The topological polar surface area (TPSA) is 51.2 Å². The van der Waals surface area contributed by atoms with Gasteiger partial charge in [-0.3, -0.25) is 4.79 Å². The maximum atomic E-state index is 12.4.